The third-order valence-electron chi connectivity index (χ3n) is 3.69. The van der Waals surface area contributed by atoms with Gasteiger partial charge in [0.05, 0.1) is 25.6 Å². The minimum Gasteiger partial charge on any atom is -0.479 e. The van der Waals surface area contributed by atoms with Crippen LogP contribution in [-0.4, -0.2) is 69.1 Å². The SMILES string of the molecule is CCOC(=O)C(OCC(CC(F)n1cnc2c(N)nc(Cl)nc21)OC)C(=O)O. The summed E-state index contributed by atoms with van der Waals surface area (Å²) in [6, 6.07) is 0. The van der Waals surface area contributed by atoms with Gasteiger partial charge in [-0.2, -0.15) is 9.97 Å². The molecule has 0 amide bonds. The van der Waals surface area contributed by atoms with Gasteiger partial charge in [-0.05, 0) is 18.5 Å². The lowest BCUT2D eigenvalue weighted by Crippen LogP contribution is -2.37. The van der Waals surface area contributed by atoms with Gasteiger partial charge in [-0.15, -0.1) is 0 Å². The molecule has 0 radical (unpaired) electrons. The van der Waals surface area contributed by atoms with Crippen molar-refractivity contribution in [2.75, 3.05) is 26.1 Å². The highest BCUT2D eigenvalue weighted by molar-refractivity contribution is 6.28. The fourth-order valence-corrected chi connectivity index (χ4v) is 2.51. The Labute approximate surface area is 163 Å². The minimum atomic E-state index is -1.84. The number of carbonyl (C=O) groups is 2. The van der Waals surface area contributed by atoms with E-state index in [2.05, 4.69) is 19.7 Å². The van der Waals surface area contributed by atoms with Crippen LogP contribution in [-0.2, 0) is 23.8 Å². The van der Waals surface area contributed by atoms with E-state index in [1.54, 1.807) is 0 Å². The predicted molar refractivity (Wildman–Crippen MR) is 94.3 cm³/mol. The number of hydrogen-bond acceptors (Lipinski definition) is 9. The number of carbonyl (C=O) groups excluding carboxylic acids is 1. The molecule has 11 nitrogen and oxygen atoms in total. The molecular formula is C15H19ClFN5O6. The Morgan fingerprint density at radius 2 is 2.14 bits per heavy atom. The van der Waals surface area contributed by atoms with Crippen LogP contribution in [0.1, 0.15) is 19.6 Å². The summed E-state index contributed by atoms with van der Waals surface area (Å²) >= 11 is 5.75. The number of hydrogen-bond donors (Lipinski definition) is 2. The zero-order chi connectivity index (χ0) is 20.8. The van der Waals surface area contributed by atoms with Crippen molar-refractivity contribution in [3.8, 4) is 0 Å². The number of halogens is 2. The summed E-state index contributed by atoms with van der Waals surface area (Å²) in [4.78, 5) is 34.4. The number of rotatable bonds is 10. The standard InChI is InChI=1S/C15H19ClFN5O6/c1-3-27-14(25)10(13(23)24)28-5-7(26-2)4-8(17)22-6-19-9-11(18)20-15(16)21-12(9)22/h6-8,10H,3-5H2,1-2H3,(H,23,24)(H2,18,20,21). The molecule has 0 aliphatic carbocycles. The molecule has 2 aromatic heterocycles. The van der Waals surface area contributed by atoms with E-state index < -0.39 is 30.4 Å². The number of fused-ring (bicyclic) bond motifs is 1. The van der Waals surface area contributed by atoms with Crippen LogP contribution in [0.15, 0.2) is 6.33 Å². The van der Waals surface area contributed by atoms with Crippen molar-refractivity contribution in [3.63, 3.8) is 0 Å². The maximum atomic E-state index is 14.8. The molecular weight excluding hydrogens is 401 g/mol. The molecule has 3 unspecified atom stereocenters. The van der Waals surface area contributed by atoms with Gasteiger partial charge in [-0.3, -0.25) is 4.57 Å². The number of aliphatic carboxylic acids is 1. The first-order valence-electron chi connectivity index (χ1n) is 8.11. The molecule has 0 bridgehead atoms. The van der Waals surface area contributed by atoms with Crippen LogP contribution in [0, 0.1) is 0 Å². The summed E-state index contributed by atoms with van der Waals surface area (Å²) in [6.45, 7) is 1.16. The number of ether oxygens (including phenoxy) is 3. The van der Waals surface area contributed by atoms with Crippen LogP contribution >= 0.6 is 11.6 Å². The second-order valence-electron chi connectivity index (χ2n) is 5.53. The molecule has 0 aliphatic heterocycles. The van der Waals surface area contributed by atoms with Crippen molar-refractivity contribution < 1.29 is 33.3 Å². The van der Waals surface area contributed by atoms with Crippen molar-refractivity contribution in [2.24, 2.45) is 0 Å². The lowest BCUT2D eigenvalue weighted by Gasteiger charge is -2.20. The van der Waals surface area contributed by atoms with Gasteiger partial charge in [0.15, 0.2) is 17.8 Å². The Morgan fingerprint density at radius 3 is 2.75 bits per heavy atom. The summed E-state index contributed by atoms with van der Waals surface area (Å²) in [5.41, 5.74) is 5.96. The monoisotopic (exact) mass is 419 g/mol. The summed E-state index contributed by atoms with van der Waals surface area (Å²) in [5, 5.41) is 8.90. The van der Waals surface area contributed by atoms with Gasteiger partial charge in [-0.25, -0.2) is 19.0 Å². The van der Waals surface area contributed by atoms with Crippen LogP contribution in [0.5, 0.6) is 0 Å². The van der Waals surface area contributed by atoms with Gasteiger partial charge in [0.2, 0.25) is 5.28 Å². The second kappa shape index (κ2) is 9.57. The van der Waals surface area contributed by atoms with E-state index >= 15 is 0 Å². The number of nitrogen functional groups attached to an aromatic ring is 1. The highest BCUT2D eigenvalue weighted by Crippen LogP contribution is 2.25. The molecule has 3 atom stereocenters. The van der Waals surface area contributed by atoms with E-state index in [1.807, 2.05) is 0 Å². The zero-order valence-corrected chi connectivity index (χ0v) is 15.8. The van der Waals surface area contributed by atoms with Crippen molar-refractivity contribution in [3.05, 3.63) is 11.6 Å². The maximum Gasteiger partial charge on any atom is 0.347 e. The second-order valence-corrected chi connectivity index (χ2v) is 5.87. The molecule has 154 valence electrons. The van der Waals surface area contributed by atoms with Gasteiger partial charge < -0.3 is 25.1 Å². The molecule has 0 saturated heterocycles. The van der Waals surface area contributed by atoms with Crippen LogP contribution in [0.4, 0.5) is 10.2 Å². The third kappa shape index (κ3) is 5.03. The first-order chi connectivity index (χ1) is 13.3. The molecule has 2 rings (SSSR count). The molecule has 0 aliphatic rings. The molecule has 2 heterocycles. The molecule has 0 saturated carbocycles. The fourth-order valence-electron chi connectivity index (χ4n) is 2.34. The number of carboxylic acids is 1. The Morgan fingerprint density at radius 1 is 1.43 bits per heavy atom. The van der Waals surface area contributed by atoms with Gasteiger partial charge in [0.1, 0.15) is 5.52 Å². The lowest BCUT2D eigenvalue weighted by atomic mass is 10.2. The lowest BCUT2D eigenvalue weighted by molar-refractivity contribution is -0.172. The van der Waals surface area contributed by atoms with Crippen molar-refractivity contribution in [1.82, 2.24) is 19.5 Å². The first-order valence-corrected chi connectivity index (χ1v) is 8.49. The normalized spacial score (nSPS) is 14.6. The number of anilines is 1. The van der Waals surface area contributed by atoms with E-state index in [-0.39, 0.29) is 41.9 Å². The minimum absolute atomic E-state index is 0.00584. The highest BCUT2D eigenvalue weighted by Gasteiger charge is 2.30. The van der Waals surface area contributed by atoms with E-state index in [0.29, 0.717) is 0 Å². The van der Waals surface area contributed by atoms with E-state index in [0.717, 1.165) is 4.57 Å². The maximum absolute atomic E-state index is 14.8. The zero-order valence-electron chi connectivity index (χ0n) is 15.0. The van der Waals surface area contributed by atoms with Gasteiger partial charge in [0.25, 0.3) is 6.10 Å². The highest BCUT2D eigenvalue weighted by atomic mass is 35.5. The molecule has 3 N–H and O–H groups in total. The molecule has 13 heteroatoms. The Hall–Kier alpha value is -2.57. The molecule has 28 heavy (non-hydrogen) atoms. The van der Waals surface area contributed by atoms with Crippen LogP contribution in [0.2, 0.25) is 5.28 Å². The number of alkyl halides is 1. The number of methoxy groups -OCH3 is 1. The number of nitrogens with zero attached hydrogens (tertiary/aromatic N) is 4. The van der Waals surface area contributed by atoms with Gasteiger partial charge >= 0.3 is 11.9 Å². The van der Waals surface area contributed by atoms with E-state index in [4.69, 9.17) is 31.9 Å². The number of nitrogens with two attached hydrogens (primary N) is 1. The van der Waals surface area contributed by atoms with Crippen molar-refractivity contribution in [1.29, 1.82) is 0 Å². The molecule has 2 aromatic rings. The number of imidazole rings is 1. The van der Waals surface area contributed by atoms with Crippen molar-refractivity contribution >= 4 is 40.5 Å². The molecule has 0 spiro atoms. The number of aromatic nitrogens is 4. The van der Waals surface area contributed by atoms with Crippen LogP contribution in [0.25, 0.3) is 11.2 Å². The largest absolute Gasteiger partial charge is 0.479 e. The Bertz CT molecular complexity index is 850. The summed E-state index contributed by atoms with van der Waals surface area (Å²) in [6.07, 6.45) is -3.45. The topological polar surface area (TPSA) is 152 Å². The summed E-state index contributed by atoms with van der Waals surface area (Å²) in [5.74, 6) is -2.57. The Kier molecular flexibility index (Phi) is 7.43. The smallest absolute Gasteiger partial charge is 0.347 e. The van der Waals surface area contributed by atoms with E-state index in [9.17, 15) is 14.0 Å². The van der Waals surface area contributed by atoms with E-state index in [1.165, 1.54) is 20.4 Å². The fraction of sp³-hybridized carbons (Fsp3) is 0.533. The summed E-state index contributed by atoms with van der Waals surface area (Å²) < 4.78 is 30.7. The average molecular weight is 420 g/mol. The number of esters is 1. The average Bonchev–Trinajstić information content (AvgIpc) is 3.04. The predicted octanol–water partition coefficient (Wildman–Crippen LogP) is 0.968. The first kappa shape index (κ1) is 21.7. The molecule has 0 aromatic carbocycles. The van der Waals surface area contributed by atoms with Crippen LogP contribution < -0.4 is 5.73 Å². The van der Waals surface area contributed by atoms with Gasteiger partial charge in [-0.1, -0.05) is 0 Å². The Balaban J connectivity index is 2.08. The molecule has 0 fully saturated rings. The van der Waals surface area contributed by atoms with Crippen molar-refractivity contribution in [2.45, 2.75) is 31.8 Å². The number of carboxylic acid groups (broad SMARTS) is 1. The van der Waals surface area contributed by atoms with Crippen LogP contribution in [0.3, 0.4) is 0 Å². The van der Waals surface area contributed by atoms with Gasteiger partial charge in [0, 0.05) is 13.5 Å². The third-order valence-corrected chi connectivity index (χ3v) is 3.86. The quantitative estimate of drug-likeness (QED) is 0.323. The summed E-state index contributed by atoms with van der Waals surface area (Å²) in [7, 11) is 1.30.